The van der Waals surface area contributed by atoms with Crippen LogP contribution in [0.4, 0.5) is 10.2 Å². The fourth-order valence-electron chi connectivity index (χ4n) is 3.19. The van der Waals surface area contributed by atoms with Gasteiger partial charge in [-0.1, -0.05) is 0 Å². The summed E-state index contributed by atoms with van der Waals surface area (Å²) < 4.78 is 14.5. The van der Waals surface area contributed by atoms with Crippen molar-refractivity contribution in [3.8, 4) is 17.2 Å². The summed E-state index contributed by atoms with van der Waals surface area (Å²) in [6.07, 6.45) is 3.71. The lowest BCUT2D eigenvalue weighted by Gasteiger charge is -2.12. The molecule has 2 atom stereocenters. The van der Waals surface area contributed by atoms with Crippen molar-refractivity contribution < 1.29 is 9.18 Å². The van der Waals surface area contributed by atoms with Crippen LogP contribution in [0.1, 0.15) is 17.5 Å². The normalized spacial score (nSPS) is 17.9. The van der Waals surface area contributed by atoms with Crippen LogP contribution in [0.2, 0.25) is 0 Å². The van der Waals surface area contributed by atoms with Crippen molar-refractivity contribution in [3.05, 3.63) is 52.2 Å². The van der Waals surface area contributed by atoms with Crippen molar-refractivity contribution >= 4 is 22.6 Å². The molecule has 1 saturated carbocycles. The van der Waals surface area contributed by atoms with E-state index in [-0.39, 0.29) is 17.8 Å². The van der Waals surface area contributed by atoms with Gasteiger partial charge in [-0.3, -0.25) is 14.6 Å². The van der Waals surface area contributed by atoms with Gasteiger partial charge in [0.2, 0.25) is 5.91 Å². The van der Waals surface area contributed by atoms with E-state index in [2.05, 4.69) is 21.4 Å². The largest absolute Gasteiger partial charge is 0.311 e. The summed E-state index contributed by atoms with van der Waals surface area (Å²) in [5.74, 6) is -0.758. The van der Waals surface area contributed by atoms with Gasteiger partial charge in [0.15, 0.2) is 0 Å². The van der Waals surface area contributed by atoms with E-state index in [0.29, 0.717) is 33.2 Å². The summed E-state index contributed by atoms with van der Waals surface area (Å²) in [4.78, 5) is 33.1. The Hall–Kier alpha value is -3.60. The molecule has 28 heavy (non-hydrogen) atoms. The summed E-state index contributed by atoms with van der Waals surface area (Å²) in [6.45, 7) is 1.77. The molecule has 1 N–H and O–H groups in total. The summed E-state index contributed by atoms with van der Waals surface area (Å²) in [5.41, 5.74) is 2.39. The number of halogens is 1. The number of rotatable bonds is 3. The number of pyridine rings is 3. The van der Waals surface area contributed by atoms with Gasteiger partial charge in [-0.2, -0.15) is 5.26 Å². The van der Waals surface area contributed by atoms with Gasteiger partial charge >= 0.3 is 0 Å². The third kappa shape index (κ3) is 2.91. The molecule has 3 aromatic heterocycles. The Morgan fingerprint density at radius 2 is 2.07 bits per heavy atom. The van der Waals surface area contributed by atoms with Gasteiger partial charge in [0.05, 0.1) is 17.0 Å². The first-order valence-electron chi connectivity index (χ1n) is 8.70. The van der Waals surface area contributed by atoms with Gasteiger partial charge in [0, 0.05) is 48.2 Å². The molecule has 0 saturated heterocycles. The van der Waals surface area contributed by atoms with Crippen LogP contribution in [0.15, 0.2) is 35.5 Å². The van der Waals surface area contributed by atoms with Gasteiger partial charge in [0.25, 0.3) is 5.56 Å². The third-order valence-electron chi connectivity index (χ3n) is 5.03. The number of alkyl halides is 1. The fourth-order valence-corrected chi connectivity index (χ4v) is 3.19. The van der Waals surface area contributed by atoms with Gasteiger partial charge in [-0.05, 0) is 25.0 Å². The average molecular weight is 377 g/mol. The summed E-state index contributed by atoms with van der Waals surface area (Å²) in [7, 11) is 1.62. The van der Waals surface area contributed by atoms with Crippen LogP contribution in [0, 0.1) is 24.2 Å². The molecular weight excluding hydrogens is 361 g/mol. The molecule has 0 aliphatic heterocycles. The molecule has 7 nitrogen and oxygen atoms in total. The second-order valence-electron chi connectivity index (χ2n) is 6.87. The number of aryl methyl sites for hydroxylation is 1. The SMILES string of the molecule is Cc1c(C#N)cncc1-c1cc2cnc(NC(=O)[C@@H]3C[C@@H]3F)cc2n(C)c1=O. The zero-order chi connectivity index (χ0) is 20.0. The minimum Gasteiger partial charge on any atom is -0.311 e. The molecule has 1 amide bonds. The zero-order valence-corrected chi connectivity index (χ0v) is 15.2. The molecule has 1 aliphatic rings. The Morgan fingerprint density at radius 1 is 1.32 bits per heavy atom. The van der Waals surface area contributed by atoms with E-state index >= 15 is 0 Å². The number of fused-ring (bicyclic) bond motifs is 1. The number of nitrogens with one attached hydrogen (secondary N) is 1. The zero-order valence-electron chi connectivity index (χ0n) is 15.2. The highest BCUT2D eigenvalue weighted by molar-refractivity contribution is 5.95. The topological polar surface area (TPSA) is 101 Å². The molecule has 8 heteroatoms. The number of nitriles is 1. The van der Waals surface area contributed by atoms with Gasteiger partial charge in [-0.15, -0.1) is 0 Å². The predicted molar refractivity (Wildman–Crippen MR) is 101 cm³/mol. The highest BCUT2D eigenvalue weighted by Crippen LogP contribution is 2.34. The van der Waals surface area contributed by atoms with Crippen molar-refractivity contribution in [2.24, 2.45) is 13.0 Å². The van der Waals surface area contributed by atoms with Crippen molar-refractivity contribution in [1.82, 2.24) is 14.5 Å². The highest BCUT2D eigenvalue weighted by Gasteiger charge is 2.43. The Bertz CT molecular complexity index is 1230. The number of hydrogen-bond donors (Lipinski definition) is 1. The Labute approximate surface area is 159 Å². The Kier molecular flexibility index (Phi) is 4.15. The van der Waals surface area contributed by atoms with E-state index in [1.165, 1.54) is 10.8 Å². The van der Waals surface area contributed by atoms with Crippen molar-refractivity contribution in [2.75, 3.05) is 5.32 Å². The lowest BCUT2D eigenvalue weighted by Crippen LogP contribution is -2.20. The minimum atomic E-state index is -1.09. The molecule has 1 fully saturated rings. The summed E-state index contributed by atoms with van der Waals surface area (Å²) >= 11 is 0. The molecule has 140 valence electrons. The monoisotopic (exact) mass is 377 g/mol. The van der Waals surface area contributed by atoms with Crippen LogP contribution in [-0.2, 0) is 11.8 Å². The lowest BCUT2D eigenvalue weighted by atomic mass is 10.00. The number of aromatic nitrogens is 3. The maximum atomic E-state index is 13.0. The Morgan fingerprint density at radius 3 is 2.75 bits per heavy atom. The smallest absolute Gasteiger partial charge is 0.258 e. The molecule has 0 spiro atoms. The maximum Gasteiger partial charge on any atom is 0.258 e. The molecule has 0 aromatic carbocycles. The second-order valence-corrected chi connectivity index (χ2v) is 6.87. The maximum absolute atomic E-state index is 13.0. The number of amides is 1. The quantitative estimate of drug-likeness (QED) is 0.756. The van der Waals surface area contributed by atoms with Crippen molar-refractivity contribution in [1.29, 1.82) is 5.26 Å². The van der Waals surface area contributed by atoms with E-state index in [9.17, 15) is 19.2 Å². The molecule has 4 rings (SSSR count). The third-order valence-corrected chi connectivity index (χ3v) is 5.03. The molecule has 3 aromatic rings. The molecule has 3 heterocycles. The van der Waals surface area contributed by atoms with E-state index in [4.69, 9.17) is 0 Å². The van der Waals surface area contributed by atoms with E-state index in [1.807, 2.05) is 0 Å². The summed E-state index contributed by atoms with van der Waals surface area (Å²) in [6, 6.07) is 5.35. The molecule has 1 aliphatic carbocycles. The Balaban J connectivity index is 1.79. The van der Waals surface area contributed by atoms with Crippen molar-refractivity contribution in [3.63, 3.8) is 0 Å². The molecule has 0 unspecified atom stereocenters. The number of anilines is 1. The number of carbonyl (C=O) groups excluding carboxylic acids is 1. The number of carbonyl (C=O) groups is 1. The average Bonchev–Trinajstić information content (AvgIpc) is 3.42. The standard InChI is InChI=1S/C20H16FN5O2/c1-10-12(6-22)7-23-9-15(10)13-3-11-8-24-18(5-17(11)26(2)20(13)28)25-19(27)14-4-16(14)21/h3,5,7-9,14,16H,4H2,1-2H3,(H,24,25,27)/t14-,16+/m1/s1. The first-order chi connectivity index (χ1) is 13.4. The van der Waals surface area contributed by atoms with Crippen LogP contribution < -0.4 is 10.9 Å². The van der Waals surface area contributed by atoms with Gasteiger partial charge in [-0.25, -0.2) is 9.37 Å². The minimum absolute atomic E-state index is 0.233. The first kappa shape index (κ1) is 17.8. The second kappa shape index (κ2) is 6.53. The van der Waals surface area contributed by atoms with Crippen LogP contribution in [0.5, 0.6) is 0 Å². The first-order valence-corrected chi connectivity index (χ1v) is 8.70. The van der Waals surface area contributed by atoms with Crippen molar-refractivity contribution in [2.45, 2.75) is 19.5 Å². The predicted octanol–water partition coefficient (Wildman–Crippen LogP) is 2.47. The van der Waals surface area contributed by atoms with Crippen LogP contribution in [0.3, 0.4) is 0 Å². The highest BCUT2D eigenvalue weighted by atomic mass is 19.1. The lowest BCUT2D eigenvalue weighted by molar-refractivity contribution is -0.117. The summed E-state index contributed by atoms with van der Waals surface area (Å²) in [5, 5.41) is 12.5. The van der Waals surface area contributed by atoms with Crippen LogP contribution in [0.25, 0.3) is 22.0 Å². The number of nitrogens with zero attached hydrogens (tertiary/aromatic N) is 4. The van der Waals surface area contributed by atoms with E-state index in [0.717, 1.165) is 0 Å². The van der Waals surface area contributed by atoms with E-state index in [1.54, 1.807) is 38.5 Å². The fraction of sp³-hybridized carbons (Fsp3) is 0.250. The molecule has 0 bridgehead atoms. The molecular formula is C20H16FN5O2. The number of hydrogen-bond acceptors (Lipinski definition) is 5. The molecule has 0 radical (unpaired) electrons. The van der Waals surface area contributed by atoms with E-state index < -0.39 is 18.0 Å². The van der Waals surface area contributed by atoms with Gasteiger partial charge in [0.1, 0.15) is 18.1 Å². The van der Waals surface area contributed by atoms with Crippen LogP contribution >= 0.6 is 0 Å². The van der Waals surface area contributed by atoms with Crippen LogP contribution in [-0.4, -0.2) is 26.6 Å². The van der Waals surface area contributed by atoms with Gasteiger partial charge < -0.3 is 9.88 Å².